The smallest absolute Gasteiger partial charge is 0.404 e. The monoisotopic (exact) mass is 310 g/mol. The Labute approximate surface area is 120 Å². The predicted molar refractivity (Wildman–Crippen MR) is 77.0 cm³/mol. The lowest BCUT2D eigenvalue weighted by atomic mass is 10.3. The predicted octanol–water partition coefficient (Wildman–Crippen LogP) is 3.86. The van der Waals surface area contributed by atoms with Gasteiger partial charge in [0.05, 0.1) is 11.4 Å². The summed E-state index contributed by atoms with van der Waals surface area (Å²) < 4.78 is 15.1. The van der Waals surface area contributed by atoms with Crippen LogP contribution in [0, 0.1) is 0 Å². The summed E-state index contributed by atoms with van der Waals surface area (Å²) in [7, 11) is -4.53. The van der Waals surface area contributed by atoms with Crippen LogP contribution in [0.5, 0.6) is 5.75 Å². The maximum absolute atomic E-state index is 10.6. The second-order valence-electron chi connectivity index (χ2n) is 3.79. The minimum Gasteiger partial charge on any atom is -0.404 e. The third kappa shape index (κ3) is 4.79. The van der Waals surface area contributed by atoms with E-state index in [1.54, 1.807) is 36.4 Å². The lowest BCUT2D eigenvalue weighted by molar-refractivity contribution is 0.283. The number of hydrogen-bond donors (Lipinski definition) is 3. The summed E-state index contributed by atoms with van der Waals surface area (Å²) in [5.74, 6) is 0.0664. The minimum absolute atomic E-state index is 0.0664. The van der Waals surface area contributed by atoms with Gasteiger partial charge in [0.15, 0.2) is 0 Å². The second-order valence-corrected chi connectivity index (χ2v) is 5.47. The number of rotatable bonds is 4. The Morgan fingerprint density at radius 3 is 1.80 bits per heavy atom. The number of benzene rings is 2. The lowest BCUT2D eigenvalue weighted by Gasteiger charge is -2.05. The topological polar surface area (TPSA) is 91.5 Å². The molecule has 2 rings (SSSR count). The Balaban J connectivity index is 2.07. The van der Waals surface area contributed by atoms with E-state index in [2.05, 4.69) is 27.4 Å². The highest BCUT2D eigenvalue weighted by atomic mass is 32.1. The largest absolute Gasteiger partial charge is 0.524 e. The Morgan fingerprint density at radius 2 is 1.35 bits per heavy atom. The molecule has 6 nitrogen and oxygen atoms in total. The molecule has 0 amide bonds. The van der Waals surface area contributed by atoms with Gasteiger partial charge in [-0.15, -0.1) is 12.6 Å². The summed E-state index contributed by atoms with van der Waals surface area (Å²) in [5.41, 5.74) is 1.22. The standard InChI is InChI=1S/C12H11N2O4PS/c15-19(16,17)18-11-5-1-9(2-6-11)13-14-10-3-7-12(20)8-4-10/h1-8,20H,(H2,15,16,17). The van der Waals surface area contributed by atoms with Gasteiger partial charge in [0, 0.05) is 4.90 Å². The van der Waals surface area contributed by atoms with Gasteiger partial charge in [-0.25, -0.2) is 4.57 Å². The highest BCUT2D eigenvalue weighted by molar-refractivity contribution is 7.80. The summed E-state index contributed by atoms with van der Waals surface area (Å²) >= 11 is 4.16. The molecule has 0 aliphatic heterocycles. The molecule has 0 heterocycles. The first-order valence-corrected chi connectivity index (χ1v) is 7.46. The van der Waals surface area contributed by atoms with Crippen molar-refractivity contribution in [2.75, 3.05) is 0 Å². The van der Waals surface area contributed by atoms with Crippen molar-refractivity contribution in [3.8, 4) is 5.75 Å². The van der Waals surface area contributed by atoms with Gasteiger partial charge in [0.25, 0.3) is 0 Å². The van der Waals surface area contributed by atoms with E-state index in [0.717, 1.165) is 4.90 Å². The molecule has 0 saturated heterocycles. The zero-order chi connectivity index (χ0) is 14.6. The van der Waals surface area contributed by atoms with Crippen molar-refractivity contribution in [2.45, 2.75) is 4.90 Å². The molecular formula is C12H11N2O4PS. The van der Waals surface area contributed by atoms with E-state index in [4.69, 9.17) is 9.79 Å². The molecule has 8 heteroatoms. The van der Waals surface area contributed by atoms with Crippen LogP contribution in [0.15, 0.2) is 63.7 Å². The average Bonchev–Trinajstić information content (AvgIpc) is 2.38. The van der Waals surface area contributed by atoms with Crippen molar-refractivity contribution in [1.29, 1.82) is 0 Å². The van der Waals surface area contributed by atoms with Crippen molar-refractivity contribution in [3.05, 3.63) is 48.5 Å². The third-order valence-electron chi connectivity index (χ3n) is 2.19. The Kier molecular flexibility index (Phi) is 4.57. The number of phosphoric acid groups is 1. The number of phosphoric ester groups is 1. The zero-order valence-corrected chi connectivity index (χ0v) is 11.9. The van der Waals surface area contributed by atoms with Gasteiger partial charge in [-0.2, -0.15) is 10.2 Å². The van der Waals surface area contributed by atoms with Gasteiger partial charge in [0.1, 0.15) is 5.75 Å². The molecule has 0 fully saturated rings. The fourth-order valence-electron chi connectivity index (χ4n) is 1.35. The fraction of sp³-hybridized carbons (Fsp3) is 0. The van der Waals surface area contributed by atoms with Crippen LogP contribution in [-0.2, 0) is 4.57 Å². The maximum Gasteiger partial charge on any atom is 0.524 e. The molecule has 104 valence electrons. The molecule has 2 aromatic carbocycles. The first kappa shape index (κ1) is 14.7. The Morgan fingerprint density at radius 1 is 0.900 bits per heavy atom. The van der Waals surface area contributed by atoms with Crippen LogP contribution in [0.4, 0.5) is 11.4 Å². The van der Waals surface area contributed by atoms with Gasteiger partial charge < -0.3 is 4.52 Å². The van der Waals surface area contributed by atoms with E-state index in [-0.39, 0.29) is 5.75 Å². The molecule has 0 atom stereocenters. The molecule has 0 aromatic heterocycles. The minimum atomic E-state index is -4.53. The van der Waals surface area contributed by atoms with Crippen LogP contribution in [0.2, 0.25) is 0 Å². The molecule has 2 N–H and O–H groups in total. The van der Waals surface area contributed by atoms with Crippen molar-refractivity contribution in [3.63, 3.8) is 0 Å². The van der Waals surface area contributed by atoms with Crippen LogP contribution in [0.3, 0.4) is 0 Å². The number of nitrogens with zero attached hydrogens (tertiary/aromatic N) is 2. The maximum atomic E-state index is 10.6. The molecule has 0 bridgehead atoms. The molecular weight excluding hydrogens is 299 g/mol. The van der Waals surface area contributed by atoms with Crippen LogP contribution >= 0.6 is 20.5 Å². The van der Waals surface area contributed by atoms with Crippen LogP contribution in [0.1, 0.15) is 0 Å². The van der Waals surface area contributed by atoms with Crippen LogP contribution in [-0.4, -0.2) is 9.79 Å². The average molecular weight is 310 g/mol. The van der Waals surface area contributed by atoms with E-state index in [1.807, 2.05) is 0 Å². The van der Waals surface area contributed by atoms with Gasteiger partial charge in [-0.1, -0.05) is 0 Å². The first-order chi connectivity index (χ1) is 9.42. The van der Waals surface area contributed by atoms with Crippen molar-refractivity contribution >= 4 is 31.8 Å². The summed E-state index contributed by atoms with van der Waals surface area (Å²) in [6.45, 7) is 0. The molecule has 0 unspecified atom stereocenters. The van der Waals surface area contributed by atoms with E-state index in [9.17, 15) is 4.57 Å². The van der Waals surface area contributed by atoms with Crippen molar-refractivity contribution in [1.82, 2.24) is 0 Å². The van der Waals surface area contributed by atoms with Gasteiger partial charge in [-0.3, -0.25) is 9.79 Å². The van der Waals surface area contributed by atoms with E-state index < -0.39 is 7.82 Å². The van der Waals surface area contributed by atoms with Gasteiger partial charge in [0.2, 0.25) is 0 Å². The number of hydrogen-bond acceptors (Lipinski definition) is 5. The third-order valence-corrected chi connectivity index (χ3v) is 2.94. The highest BCUT2D eigenvalue weighted by Gasteiger charge is 2.15. The van der Waals surface area contributed by atoms with Crippen LogP contribution < -0.4 is 4.52 Å². The summed E-state index contributed by atoms with van der Waals surface area (Å²) in [4.78, 5) is 18.1. The fourth-order valence-corrected chi connectivity index (χ4v) is 1.89. The lowest BCUT2D eigenvalue weighted by Crippen LogP contribution is -1.88. The zero-order valence-electron chi connectivity index (χ0n) is 10.1. The van der Waals surface area contributed by atoms with Crippen LogP contribution in [0.25, 0.3) is 0 Å². The van der Waals surface area contributed by atoms with Gasteiger partial charge >= 0.3 is 7.82 Å². The molecule has 0 aliphatic rings. The molecule has 0 aliphatic carbocycles. The Bertz CT molecular complexity index is 652. The van der Waals surface area contributed by atoms with E-state index in [1.165, 1.54) is 12.1 Å². The SMILES string of the molecule is O=P(O)(O)Oc1ccc(N=Nc2ccc(S)cc2)cc1. The molecule has 2 aromatic rings. The summed E-state index contributed by atoms with van der Waals surface area (Å²) in [5, 5.41) is 8.01. The summed E-state index contributed by atoms with van der Waals surface area (Å²) in [6.07, 6.45) is 0. The number of thiol groups is 1. The normalized spacial score (nSPS) is 11.8. The molecule has 0 spiro atoms. The Hall–Kier alpha value is -1.66. The molecule has 0 radical (unpaired) electrons. The second kappa shape index (κ2) is 6.19. The van der Waals surface area contributed by atoms with E-state index in [0.29, 0.717) is 11.4 Å². The first-order valence-electron chi connectivity index (χ1n) is 5.48. The summed E-state index contributed by atoms with van der Waals surface area (Å²) in [6, 6.07) is 13.1. The quantitative estimate of drug-likeness (QED) is 0.454. The molecule has 0 saturated carbocycles. The van der Waals surface area contributed by atoms with Gasteiger partial charge in [-0.05, 0) is 48.5 Å². The van der Waals surface area contributed by atoms with Crippen molar-refractivity contribution < 1.29 is 18.9 Å². The van der Waals surface area contributed by atoms with Crippen molar-refractivity contribution in [2.24, 2.45) is 10.2 Å². The van der Waals surface area contributed by atoms with E-state index >= 15 is 0 Å². The molecule has 20 heavy (non-hydrogen) atoms. The number of azo groups is 1. The highest BCUT2D eigenvalue weighted by Crippen LogP contribution is 2.37.